The average Bonchev–Trinajstić information content (AvgIpc) is 2.61. The van der Waals surface area contributed by atoms with Gasteiger partial charge < -0.3 is 10.6 Å². The van der Waals surface area contributed by atoms with E-state index in [4.69, 9.17) is 5.73 Å². The highest BCUT2D eigenvalue weighted by Gasteiger charge is 2.18. The molecule has 2 heterocycles. The zero-order valence-corrected chi connectivity index (χ0v) is 14.6. The first kappa shape index (κ1) is 18.5. The number of hydrogen-bond acceptors (Lipinski definition) is 4. The van der Waals surface area contributed by atoms with Crippen LogP contribution in [0.4, 0.5) is 5.69 Å². The number of hydrogen-bond donors (Lipinski definition) is 1. The highest BCUT2D eigenvalue weighted by atomic mass is 35.5. The van der Waals surface area contributed by atoms with Crippen LogP contribution in [0, 0.1) is 5.92 Å². The summed E-state index contributed by atoms with van der Waals surface area (Å²) in [5.41, 5.74) is 7.85. The Labute approximate surface area is 148 Å². The fraction of sp³-hybridized carbons (Fsp3) is 0.444. The standard InChI is InChI=1S/C18H24N4O.ClH/c19-13-16-6-9-21(10-7-16)17-12-18(23)22(20-14-17)11-8-15-4-2-1-3-5-15;/h1-5,12,14,16H,6-11,13,19H2;1H. The van der Waals surface area contributed by atoms with Crippen molar-refractivity contribution in [2.75, 3.05) is 24.5 Å². The average molecular weight is 349 g/mol. The number of anilines is 1. The molecule has 1 aromatic heterocycles. The molecule has 2 N–H and O–H groups in total. The maximum Gasteiger partial charge on any atom is 0.268 e. The molecule has 5 nitrogen and oxygen atoms in total. The van der Waals surface area contributed by atoms with Crippen LogP contribution in [0.1, 0.15) is 18.4 Å². The van der Waals surface area contributed by atoms with Gasteiger partial charge >= 0.3 is 0 Å². The Hall–Kier alpha value is -1.85. The van der Waals surface area contributed by atoms with E-state index in [1.807, 2.05) is 24.4 Å². The van der Waals surface area contributed by atoms with Gasteiger partial charge in [0.15, 0.2) is 0 Å². The predicted molar refractivity (Wildman–Crippen MR) is 99.9 cm³/mol. The SMILES string of the molecule is Cl.NCC1CCN(c2cnn(CCc3ccccc3)c(=O)c2)CC1. The van der Waals surface area contributed by atoms with Crippen LogP contribution in [0.15, 0.2) is 47.4 Å². The van der Waals surface area contributed by atoms with E-state index in [-0.39, 0.29) is 18.0 Å². The Kier molecular flexibility index (Phi) is 6.82. The maximum atomic E-state index is 12.3. The van der Waals surface area contributed by atoms with Gasteiger partial charge in [-0.1, -0.05) is 30.3 Å². The highest BCUT2D eigenvalue weighted by molar-refractivity contribution is 5.85. The summed E-state index contributed by atoms with van der Waals surface area (Å²) in [6, 6.07) is 11.9. The fourth-order valence-electron chi connectivity index (χ4n) is 3.07. The van der Waals surface area contributed by atoms with Crippen molar-refractivity contribution in [3.8, 4) is 0 Å². The predicted octanol–water partition coefficient (Wildman–Crippen LogP) is 2.08. The zero-order valence-electron chi connectivity index (χ0n) is 13.8. The van der Waals surface area contributed by atoms with Crippen molar-refractivity contribution < 1.29 is 0 Å². The van der Waals surface area contributed by atoms with Crippen molar-refractivity contribution in [2.24, 2.45) is 11.7 Å². The van der Waals surface area contributed by atoms with Crippen LogP contribution < -0.4 is 16.2 Å². The van der Waals surface area contributed by atoms with E-state index in [0.29, 0.717) is 12.5 Å². The molecule has 0 unspecified atom stereocenters. The molecule has 1 aliphatic heterocycles. The van der Waals surface area contributed by atoms with E-state index < -0.39 is 0 Å². The first-order chi connectivity index (χ1) is 11.3. The number of benzene rings is 1. The van der Waals surface area contributed by atoms with Gasteiger partial charge in [0.05, 0.1) is 11.9 Å². The van der Waals surface area contributed by atoms with Gasteiger partial charge in [-0.25, -0.2) is 4.68 Å². The summed E-state index contributed by atoms with van der Waals surface area (Å²) < 4.78 is 1.54. The second-order valence-electron chi connectivity index (χ2n) is 6.18. The van der Waals surface area contributed by atoms with Crippen molar-refractivity contribution in [3.63, 3.8) is 0 Å². The van der Waals surface area contributed by atoms with Gasteiger partial charge in [-0.15, -0.1) is 12.4 Å². The summed E-state index contributed by atoms with van der Waals surface area (Å²) in [6.45, 7) is 3.28. The molecule has 0 aliphatic carbocycles. The number of aryl methyl sites for hydroxylation is 2. The number of nitrogens with two attached hydrogens (primary N) is 1. The summed E-state index contributed by atoms with van der Waals surface area (Å²) in [4.78, 5) is 14.5. The molecule has 130 valence electrons. The molecule has 0 radical (unpaired) electrons. The topological polar surface area (TPSA) is 64.2 Å². The molecule has 1 fully saturated rings. The molecule has 0 bridgehead atoms. The van der Waals surface area contributed by atoms with Gasteiger partial charge in [0, 0.05) is 25.7 Å². The van der Waals surface area contributed by atoms with Crippen LogP contribution in [-0.4, -0.2) is 29.4 Å². The van der Waals surface area contributed by atoms with Gasteiger partial charge in [-0.05, 0) is 37.3 Å². The van der Waals surface area contributed by atoms with Crippen LogP contribution in [0.2, 0.25) is 0 Å². The van der Waals surface area contributed by atoms with Gasteiger partial charge in [0.2, 0.25) is 0 Å². The maximum absolute atomic E-state index is 12.3. The zero-order chi connectivity index (χ0) is 16.1. The first-order valence-corrected chi connectivity index (χ1v) is 8.32. The molecule has 1 saturated heterocycles. The lowest BCUT2D eigenvalue weighted by molar-refractivity contribution is 0.414. The van der Waals surface area contributed by atoms with Crippen molar-refractivity contribution in [1.29, 1.82) is 0 Å². The third-order valence-electron chi connectivity index (χ3n) is 4.62. The van der Waals surface area contributed by atoms with E-state index in [1.165, 1.54) is 5.56 Å². The van der Waals surface area contributed by atoms with Crippen molar-refractivity contribution >= 4 is 18.1 Å². The Morgan fingerprint density at radius 3 is 2.50 bits per heavy atom. The minimum absolute atomic E-state index is 0. The van der Waals surface area contributed by atoms with E-state index in [9.17, 15) is 4.79 Å². The lowest BCUT2D eigenvalue weighted by Crippen LogP contribution is -2.37. The molecule has 6 heteroatoms. The number of aromatic nitrogens is 2. The molecule has 1 aliphatic rings. The summed E-state index contributed by atoms with van der Waals surface area (Å²) in [5, 5.41) is 4.35. The number of rotatable bonds is 5. The lowest BCUT2D eigenvalue weighted by atomic mass is 9.97. The fourth-order valence-corrected chi connectivity index (χ4v) is 3.07. The third kappa shape index (κ3) is 4.58. The number of halogens is 1. The van der Waals surface area contributed by atoms with Gasteiger partial charge in [0.25, 0.3) is 5.56 Å². The number of piperidine rings is 1. The molecule has 1 aromatic carbocycles. The van der Waals surface area contributed by atoms with Crippen LogP contribution in [0.3, 0.4) is 0 Å². The molecular weight excluding hydrogens is 324 g/mol. The molecule has 0 amide bonds. The van der Waals surface area contributed by atoms with E-state index >= 15 is 0 Å². The van der Waals surface area contributed by atoms with Crippen LogP contribution >= 0.6 is 12.4 Å². The van der Waals surface area contributed by atoms with Gasteiger partial charge in [0.1, 0.15) is 0 Å². The second-order valence-corrected chi connectivity index (χ2v) is 6.18. The molecule has 0 spiro atoms. The van der Waals surface area contributed by atoms with E-state index in [1.54, 1.807) is 10.7 Å². The monoisotopic (exact) mass is 348 g/mol. The van der Waals surface area contributed by atoms with Gasteiger partial charge in [-0.3, -0.25) is 4.79 Å². The molecular formula is C18H25ClN4O. The Morgan fingerprint density at radius 1 is 1.17 bits per heavy atom. The second kappa shape index (κ2) is 8.85. The molecule has 0 saturated carbocycles. The third-order valence-corrected chi connectivity index (χ3v) is 4.62. The molecule has 3 rings (SSSR count). The van der Waals surface area contributed by atoms with Crippen molar-refractivity contribution in [1.82, 2.24) is 9.78 Å². The van der Waals surface area contributed by atoms with Gasteiger partial charge in [-0.2, -0.15) is 5.10 Å². The largest absolute Gasteiger partial charge is 0.370 e. The lowest BCUT2D eigenvalue weighted by Gasteiger charge is -2.32. The van der Waals surface area contributed by atoms with Crippen molar-refractivity contribution in [2.45, 2.75) is 25.8 Å². The summed E-state index contributed by atoms with van der Waals surface area (Å²) in [7, 11) is 0. The van der Waals surface area contributed by atoms with Crippen molar-refractivity contribution in [3.05, 3.63) is 58.5 Å². The number of nitrogens with zero attached hydrogens (tertiary/aromatic N) is 3. The smallest absolute Gasteiger partial charge is 0.268 e. The van der Waals surface area contributed by atoms with Crippen LogP contribution in [0.5, 0.6) is 0 Å². The minimum atomic E-state index is -0.0284. The van der Waals surface area contributed by atoms with E-state index in [0.717, 1.165) is 44.6 Å². The first-order valence-electron chi connectivity index (χ1n) is 8.32. The minimum Gasteiger partial charge on any atom is -0.370 e. The highest BCUT2D eigenvalue weighted by Crippen LogP contribution is 2.20. The summed E-state index contributed by atoms with van der Waals surface area (Å²) in [5.74, 6) is 0.616. The van der Waals surface area contributed by atoms with E-state index in [2.05, 4.69) is 22.1 Å². The molecule has 0 atom stereocenters. The normalized spacial score (nSPS) is 15.1. The Balaban J connectivity index is 0.00000208. The quantitative estimate of drug-likeness (QED) is 0.898. The Bertz CT molecular complexity index is 681. The summed E-state index contributed by atoms with van der Waals surface area (Å²) in [6.07, 6.45) is 4.81. The van der Waals surface area contributed by atoms with Crippen LogP contribution in [0.25, 0.3) is 0 Å². The molecule has 2 aromatic rings. The summed E-state index contributed by atoms with van der Waals surface area (Å²) >= 11 is 0. The van der Waals surface area contributed by atoms with Crippen LogP contribution in [-0.2, 0) is 13.0 Å². The molecule has 24 heavy (non-hydrogen) atoms. The Morgan fingerprint density at radius 2 is 1.88 bits per heavy atom.